The van der Waals surface area contributed by atoms with Crippen molar-refractivity contribution in [2.45, 2.75) is 13.3 Å². The first kappa shape index (κ1) is 40.1. The van der Waals surface area contributed by atoms with Crippen LogP contribution in [0, 0.1) is 0 Å². The van der Waals surface area contributed by atoms with Gasteiger partial charge in [0.25, 0.3) is 0 Å². The molecule has 2 aliphatic rings. The topological polar surface area (TPSA) is 40.4 Å². The summed E-state index contributed by atoms with van der Waals surface area (Å²) < 4.78 is 4.88. The second kappa shape index (κ2) is 16.3. The lowest BCUT2D eigenvalue weighted by molar-refractivity contribution is 0.719. The Morgan fingerprint density at radius 1 is 0.397 bits per heavy atom. The molecule has 68 heavy (non-hydrogen) atoms. The predicted octanol–water partition coefficient (Wildman–Crippen LogP) is 15.1. The minimum Gasteiger partial charge on any atom is -0.382 e. The van der Waals surface area contributed by atoms with Gasteiger partial charge in [-0.15, -0.1) is 0 Å². The van der Waals surface area contributed by atoms with Crippen LogP contribution in [0.2, 0.25) is 0 Å². The molecule has 0 bridgehead atoms. The molecule has 13 rings (SSSR count). The Morgan fingerprint density at radius 3 is 1.37 bits per heavy atom. The third kappa shape index (κ3) is 6.62. The summed E-state index contributed by atoms with van der Waals surface area (Å²) in [4.78, 5) is 4.92. The van der Waals surface area contributed by atoms with Gasteiger partial charge in [0.2, 0.25) is 0 Å². The first-order valence-electron chi connectivity index (χ1n) is 24.2. The number of rotatable bonds is 8. The maximum absolute atomic E-state index is 3.53. The molecule has 0 fully saturated rings. The summed E-state index contributed by atoms with van der Waals surface area (Å²) in [7, 11) is 2.21. The Hall–Kier alpha value is -8.22. The van der Waals surface area contributed by atoms with E-state index in [0.29, 0.717) is 0 Å². The van der Waals surface area contributed by atoms with Crippen molar-refractivity contribution >= 4 is 66.4 Å². The highest BCUT2D eigenvalue weighted by molar-refractivity contribution is 6.29. The van der Waals surface area contributed by atoms with Crippen molar-refractivity contribution in [2.75, 3.05) is 60.2 Å². The smallest absolute Gasteiger partial charge is 0.0608 e. The van der Waals surface area contributed by atoms with E-state index in [9.17, 15) is 0 Å². The van der Waals surface area contributed by atoms with Crippen LogP contribution in [0.5, 0.6) is 0 Å². The zero-order valence-electron chi connectivity index (χ0n) is 38.5. The van der Waals surface area contributed by atoms with Crippen LogP contribution in [0.1, 0.15) is 13.3 Å². The quantitative estimate of drug-likeness (QED) is 0.160. The summed E-state index contributed by atoms with van der Waals surface area (Å²) in [6.45, 7) is 7.39. The molecule has 6 nitrogen and oxygen atoms in total. The zero-order chi connectivity index (χ0) is 45.3. The van der Waals surface area contributed by atoms with Gasteiger partial charge in [0.15, 0.2) is 0 Å². The normalized spacial score (nSPS) is 13.5. The van der Waals surface area contributed by atoms with Gasteiger partial charge < -0.3 is 29.6 Å². The van der Waals surface area contributed by atoms with Crippen LogP contribution in [-0.4, -0.2) is 48.9 Å². The Morgan fingerprint density at radius 2 is 0.838 bits per heavy atom. The van der Waals surface area contributed by atoms with Crippen molar-refractivity contribution in [1.29, 1.82) is 0 Å². The number of nitrogens with zero attached hydrogens (tertiary/aromatic N) is 4. The molecule has 11 aromatic rings. The summed E-state index contributed by atoms with van der Waals surface area (Å²) in [5.41, 5.74) is 21.8. The lowest BCUT2D eigenvalue weighted by Gasteiger charge is -2.37. The van der Waals surface area contributed by atoms with Crippen molar-refractivity contribution in [1.82, 2.24) is 9.13 Å². The molecule has 2 aromatic heterocycles. The monoisotopic (exact) mass is 880 g/mol. The van der Waals surface area contributed by atoms with Gasteiger partial charge in [-0.3, -0.25) is 0 Å². The summed E-state index contributed by atoms with van der Waals surface area (Å²) >= 11 is 0. The van der Waals surface area contributed by atoms with Crippen molar-refractivity contribution in [3.8, 4) is 55.9 Å². The third-order valence-corrected chi connectivity index (χ3v) is 14.5. The number of anilines is 4. The standard InChI is InChI=1S/C62H52N6/c1-3-36-66-38-37-65(2)60-40-48(25-31-57(60)66)46-18-14-42(15-19-46)44-22-28-50(29-23-44)68-56-11-7-5-9-52(56)62-59(68)33-32-58-61(62)51-8-4-6-10-55(51)67(58)49-26-20-43(21-27-49)41-12-16-45(17-13-41)47-24-30-53-54(39-47)64-35-34-63-53/h4-33,39-40,63-64H,3,34-38H2,1-2H3. The SMILES string of the molecule is CCCN1CCN(C)c2cc(-c3ccc(-c4ccc(-n5c6ccccc6c6c7c8ccccc8n(-c8ccc(-c9ccc(-c%10ccc%11c(c%10)NCCN%11)cc9)cc8)c7ccc65)cc4)cc3)ccc21. The highest BCUT2D eigenvalue weighted by atomic mass is 15.2. The van der Waals surface area contributed by atoms with E-state index in [1.54, 1.807) is 0 Å². The number of para-hydroxylation sites is 2. The molecule has 0 atom stereocenters. The second-order valence-electron chi connectivity index (χ2n) is 18.5. The van der Waals surface area contributed by atoms with Gasteiger partial charge in [-0.05, 0) is 124 Å². The van der Waals surface area contributed by atoms with Crippen molar-refractivity contribution < 1.29 is 0 Å². The zero-order valence-corrected chi connectivity index (χ0v) is 38.5. The third-order valence-electron chi connectivity index (χ3n) is 14.5. The van der Waals surface area contributed by atoms with E-state index in [1.807, 2.05) is 0 Å². The van der Waals surface area contributed by atoms with E-state index < -0.39 is 0 Å². The van der Waals surface area contributed by atoms with Gasteiger partial charge in [-0.1, -0.05) is 128 Å². The molecular weight excluding hydrogens is 829 g/mol. The molecule has 0 spiro atoms. The molecule has 9 aromatic carbocycles. The van der Waals surface area contributed by atoms with Crippen molar-refractivity contribution in [2.24, 2.45) is 0 Å². The minimum absolute atomic E-state index is 0.940. The highest BCUT2D eigenvalue weighted by Gasteiger charge is 2.22. The first-order chi connectivity index (χ1) is 33.6. The maximum atomic E-state index is 3.53. The Labute approximate surface area is 397 Å². The van der Waals surface area contributed by atoms with Crippen LogP contribution < -0.4 is 20.4 Å². The van der Waals surface area contributed by atoms with Crippen LogP contribution in [0.3, 0.4) is 0 Å². The predicted molar refractivity (Wildman–Crippen MR) is 290 cm³/mol. The molecule has 0 radical (unpaired) electrons. The van der Waals surface area contributed by atoms with E-state index in [4.69, 9.17) is 0 Å². The van der Waals surface area contributed by atoms with Gasteiger partial charge in [0, 0.05) is 72.7 Å². The lowest BCUT2D eigenvalue weighted by Crippen LogP contribution is -2.39. The number of likely N-dealkylation sites (N-methyl/N-ethyl adjacent to an activating group) is 1. The summed E-state index contributed by atoms with van der Waals surface area (Å²) in [5, 5.41) is 12.1. The van der Waals surface area contributed by atoms with Gasteiger partial charge >= 0.3 is 0 Å². The fraction of sp³-hybridized carbons (Fsp3) is 0.129. The molecule has 4 heterocycles. The molecule has 2 aliphatic heterocycles. The second-order valence-corrected chi connectivity index (χ2v) is 18.5. The number of nitrogens with one attached hydrogen (secondary N) is 2. The molecule has 0 unspecified atom stereocenters. The fourth-order valence-corrected chi connectivity index (χ4v) is 11.1. The van der Waals surface area contributed by atoms with Gasteiger partial charge in [-0.2, -0.15) is 0 Å². The van der Waals surface area contributed by atoms with Gasteiger partial charge in [0.1, 0.15) is 0 Å². The molecule has 6 heteroatoms. The Kier molecular flexibility index (Phi) is 9.60. The van der Waals surface area contributed by atoms with E-state index in [-0.39, 0.29) is 0 Å². The lowest BCUT2D eigenvalue weighted by atomic mass is 9.98. The average molecular weight is 881 g/mol. The minimum atomic E-state index is 0.940. The van der Waals surface area contributed by atoms with E-state index in [0.717, 1.165) is 50.5 Å². The van der Waals surface area contributed by atoms with E-state index >= 15 is 0 Å². The Bertz CT molecular complexity index is 3690. The van der Waals surface area contributed by atoms with Crippen molar-refractivity contribution in [3.05, 3.63) is 194 Å². The molecule has 0 amide bonds. The molecule has 330 valence electrons. The van der Waals surface area contributed by atoms with E-state index in [2.05, 4.69) is 238 Å². The summed E-state index contributed by atoms with van der Waals surface area (Å²) in [5.74, 6) is 0. The van der Waals surface area contributed by atoms with Gasteiger partial charge in [-0.25, -0.2) is 0 Å². The number of aromatic nitrogens is 2. The number of hydrogen-bond donors (Lipinski definition) is 2. The molecule has 0 aliphatic carbocycles. The Balaban J connectivity index is 0.825. The summed E-state index contributed by atoms with van der Waals surface area (Å²) in [6, 6.07) is 72.2. The number of hydrogen-bond acceptors (Lipinski definition) is 4. The fourth-order valence-electron chi connectivity index (χ4n) is 11.1. The van der Waals surface area contributed by atoms with Crippen LogP contribution in [0.4, 0.5) is 22.7 Å². The molecule has 2 N–H and O–H groups in total. The maximum Gasteiger partial charge on any atom is 0.0608 e. The van der Waals surface area contributed by atoms with Crippen LogP contribution in [0.15, 0.2) is 194 Å². The largest absolute Gasteiger partial charge is 0.382 e. The van der Waals surface area contributed by atoms with E-state index in [1.165, 1.54) is 111 Å². The highest BCUT2D eigenvalue weighted by Crippen LogP contribution is 2.43. The van der Waals surface area contributed by atoms with Crippen LogP contribution in [-0.2, 0) is 0 Å². The first-order valence-corrected chi connectivity index (χ1v) is 24.2. The van der Waals surface area contributed by atoms with Crippen LogP contribution in [0.25, 0.3) is 99.5 Å². The van der Waals surface area contributed by atoms with Crippen LogP contribution >= 0.6 is 0 Å². The summed E-state index contributed by atoms with van der Waals surface area (Å²) in [6.07, 6.45) is 1.16. The molecule has 0 saturated carbocycles. The average Bonchev–Trinajstić information content (AvgIpc) is 3.92. The number of benzene rings is 9. The number of fused-ring (bicyclic) bond motifs is 9. The van der Waals surface area contributed by atoms with Gasteiger partial charge in [0.05, 0.1) is 44.8 Å². The molecular formula is C62H52N6. The van der Waals surface area contributed by atoms with Crippen molar-refractivity contribution in [3.63, 3.8) is 0 Å². The molecule has 0 saturated heterocycles.